The molecule has 2 aliphatic heterocycles. The maximum absolute atomic E-state index is 12.2. The molecule has 1 unspecified atom stereocenters. The van der Waals surface area contributed by atoms with E-state index in [0.29, 0.717) is 30.6 Å². The average Bonchev–Trinajstić information content (AvgIpc) is 3.02. The molecule has 0 saturated carbocycles. The quantitative estimate of drug-likeness (QED) is 0.877. The van der Waals surface area contributed by atoms with Crippen molar-refractivity contribution >= 4 is 22.8 Å². The summed E-state index contributed by atoms with van der Waals surface area (Å²) >= 11 is 1.56. The Balaban J connectivity index is 1.55. The Morgan fingerprint density at radius 3 is 3.04 bits per heavy atom. The zero-order chi connectivity index (χ0) is 17.3. The molecule has 2 aromatic rings. The molecule has 3 heterocycles. The summed E-state index contributed by atoms with van der Waals surface area (Å²) in [5.41, 5.74) is 9.21. The molecule has 0 bridgehead atoms. The molecule has 0 radical (unpaired) electrons. The number of hydrogen-bond acceptors (Lipinski definition) is 6. The molecule has 6 nitrogen and oxygen atoms in total. The van der Waals surface area contributed by atoms with Gasteiger partial charge in [-0.15, -0.1) is 0 Å². The van der Waals surface area contributed by atoms with Crippen LogP contribution in [0.15, 0.2) is 47.6 Å². The van der Waals surface area contributed by atoms with Crippen LogP contribution in [-0.4, -0.2) is 28.4 Å². The number of nitrogens with two attached hydrogens (primary N) is 1. The Kier molecular flexibility index (Phi) is 4.19. The second-order valence-electron chi connectivity index (χ2n) is 6.15. The highest BCUT2D eigenvalue weighted by molar-refractivity contribution is 8.14. The SMILES string of the molecule is NC1=NC2(COCc3ccc(CNC(=O)c4ccccn4)cc32)CS1. The minimum Gasteiger partial charge on any atom is -0.379 e. The van der Waals surface area contributed by atoms with Crippen LogP contribution in [0.3, 0.4) is 0 Å². The Labute approximate surface area is 149 Å². The summed E-state index contributed by atoms with van der Waals surface area (Å²) < 4.78 is 5.72. The monoisotopic (exact) mass is 354 g/mol. The van der Waals surface area contributed by atoms with E-state index in [4.69, 9.17) is 10.5 Å². The van der Waals surface area contributed by atoms with Crippen LogP contribution in [0.1, 0.15) is 27.2 Å². The van der Waals surface area contributed by atoms with Gasteiger partial charge in [0.25, 0.3) is 5.91 Å². The van der Waals surface area contributed by atoms with Gasteiger partial charge in [0.15, 0.2) is 5.17 Å². The number of hydrogen-bond donors (Lipinski definition) is 2. The molecular formula is C18H18N4O2S. The molecule has 128 valence electrons. The first-order valence-corrected chi connectivity index (χ1v) is 9.02. The van der Waals surface area contributed by atoms with E-state index in [1.54, 1.807) is 36.2 Å². The number of nitrogens with one attached hydrogen (secondary N) is 1. The third-order valence-corrected chi connectivity index (χ3v) is 5.42. The summed E-state index contributed by atoms with van der Waals surface area (Å²) in [5, 5.41) is 3.51. The van der Waals surface area contributed by atoms with Gasteiger partial charge in [0, 0.05) is 18.5 Å². The highest BCUT2D eigenvalue weighted by Gasteiger charge is 2.41. The lowest BCUT2D eigenvalue weighted by Crippen LogP contribution is -2.35. The van der Waals surface area contributed by atoms with Crippen molar-refractivity contribution in [3.05, 3.63) is 65.0 Å². The molecule has 0 aliphatic carbocycles. The molecule has 1 aromatic carbocycles. The minimum atomic E-state index is -0.399. The molecule has 7 heteroatoms. The zero-order valence-corrected chi connectivity index (χ0v) is 14.4. The Morgan fingerprint density at radius 2 is 2.28 bits per heavy atom. The molecular weight excluding hydrogens is 336 g/mol. The highest BCUT2D eigenvalue weighted by atomic mass is 32.2. The topological polar surface area (TPSA) is 89.6 Å². The predicted molar refractivity (Wildman–Crippen MR) is 97.3 cm³/mol. The maximum atomic E-state index is 12.2. The number of fused-ring (bicyclic) bond motifs is 2. The molecule has 1 atom stereocenters. The van der Waals surface area contributed by atoms with E-state index in [2.05, 4.69) is 21.4 Å². The average molecular weight is 354 g/mol. The number of aromatic nitrogens is 1. The van der Waals surface area contributed by atoms with E-state index in [1.807, 2.05) is 12.1 Å². The van der Waals surface area contributed by atoms with E-state index in [9.17, 15) is 4.79 Å². The second-order valence-corrected chi connectivity index (χ2v) is 7.15. The minimum absolute atomic E-state index is 0.185. The Morgan fingerprint density at radius 1 is 1.36 bits per heavy atom. The number of amides is 1. The number of amidine groups is 1. The smallest absolute Gasteiger partial charge is 0.270 e. The summed E-state index contributed by atoms with van der Waals surface area (Å²) in [5.74, 6) is 0.602. The second kappa shape index (κ2) is 6.50. The van der Waals surface area contributed by atoms with Crippen molar-refractivity contribution in [2.45, 2.75) is 18.7 Å². The summed E-state index contributed by atoms with van der Waals surface area (Å²) in [4.78, 5) is 20.9. The third-order valence-electron chi connectivity index (χ3n) is 4.41. The van der Waals surface area contributed by atoms with Gasteiger partial charge in [-0.1, -0.05) is 36.0 Å². The van der Waals surface area contributed by atoms with Crippen molar-refractivity contribution < 1.29 is 9.53 Å². The van der Waals surface area contributed by atoms with Crippen molar-refractivity contribution in [2.24, 2.45) is 10.7 Å². The Bertz CT molecular complexity index is 840. The van der Waals surface area contributed by atoms with Crippen LogP contribution >= 0.6 is 11.8 Å². The van der Waals surface area contributed by atoms with Crippen LogP contribution in [0.5, 0.6) is 0 Å². The Hall–Kier alpha value is -2.38. The molecule has 1 amide bonds. The van der Waals surface area contributed by atoms with E-state index < -0.39 is 5.54 Å². The molecule has 25 heavy (non-hydrogen) atoms. The number of rotatable bonds is 3. The van der Waals surface area contributed by atoms with Crippen molar-refractivity contribution in [1.29, 1.82) is 0 Å². The van der Waals surface area contributed by atoms with Crippen LogP contribution in [0.2, 0.25) is 0 Å². The van der Waals surface area contributed by atoms with E-state index in [1.165, 1.54) is 0 Å². The first-order valence-electron chi connectivity index (χ1n) is 8.04. The van der Waals surface area contributed by atoms with Crippen molar-refractivity contribution in [1.82, 2.24) is 10.3 Å². The van der Waals surface area contributed by atoms with Gasteiger partial charge < -0.3 is 15.8 Å². The molecule has 1 aromatic heterocycles. The van der Waals surface area contributed by atoms with E-state index >= 15 is 0 Å². The fourth-order valence-corrected chi connectivity index (χ4v) is 4.08. The molecule has 0 fully saturated rings. The normalized spacial score (nSPS) is 21.7. The number of benzene rings is 1. The van der Waals surface area contributed by atoms with Gasteiger partial charge in [-0.25, -0.2) is 4.99 Å². The number of carbonyl (C=O) groups excluding carboxylic acids is 1. The van der Waals surface area contributed by atoms with Gasteiger partial charge in [-0.05, 0) is 28.8 Å². The van der Waals surface area contributed by atoms with Gasteiger partial charge in [0.05, 0.1) is 13.2 Å². The molecule has 1 spiro atoms. The zero-order valence-electron chi connectivity index (χ0n) is 13.6. The van der Waals surface area contributed by atoms with Crippen molar-refractivity contribution in [3.63, 3.8) is 0 Å². The van der Waals surface area contributed by atoms with E-state index in [0.717, 1.165) is 22.4 Å². The lowest BCUT2D eigenvalue weighted by molar-refractivity contribution is 0.0633. The molecule has 4 rings (SSSR count). The number of pyridine rings is 1. The van der Waals surface area contributed by atoms with Gasteiger partial charge >= 0.3 is 0 Å². The van der Waals surface area contributed by atoms with Gasteiger partial charge in [-0.3, -0.25) is 9.78 Å². The largest absolute Gasteiger partial charge is 0.379 e. The number of thioether (sulfide) groups is 1. The van der Waals surface area contributed by atoms with Crippen LogP contribution in [0, 0.1) is 0 Å². The maximum Gasteiger partial charge on any atom is 0.270 e. The summed E-state index contributed by atoms with van der Waals surface area (Å²) in [7, 11) is 0. The first kappa shape index (κ1) is 16.1. The lowest BCUT2D eigenvalue weighted by atomic mass is 9.86. The van der Waals surface area contributed by atoms with Gasteiger partial charge in [0.1, 0.15) is 11.2 Å². The molecule has 3 N–H and O–H groups in total. The molecule has 0 saturated heterocycles. The third kappa shape index (κ3) is 3.12. The summed E-state index contributed by atoms with van der Waals surface area (Å²) in [6, 6.07) is 11.4. The number of ether oxygens (including phenoxy) is 1. The summed E-state index contributed by atoms with van der Waals surface area (Å²) in [6.07, 6.45) is 1.61. The van der Waals surface area contributed by atoms with Crippen molar-refractivity contribution in [3.8, 4) is 0 Å². The van der Waals surface area contributed by atoms with E-state index in [-0.39, 0.29) is 5.91 Å². The number of aliphatic imine (C=N–C) groups is 1. The van der Waals surface area contributed by atoms with Crippen LogP contribution < -0.4 is 11.1 Å². The first-order chi connectivity index (χ1) is 12.2. The standard InChI is InChI=1S/C18H18N4O2S/c19-17-22-18(11-25-17)10-24-9-13-5-4-12(7-14(13)18)8-21-16(23)15-3-1-2-6-20-15/h1-7H,8-11H2,(H2,19,22)(H,21,23). The highest BCUT2D eigenvalue weighted by Crippen LogP contribution is 2.41. The van der Waals surface area contributed by atoms with Crippen molar-refractivity contribution in [2.75, 3.05) is 12.4 Å². The van der Waals surface area contributed by atoms with Gasteiger partial charge in [0.2, 0.25) is 0 Å². The number of nitrogens with zero attached hydrogens (tertiary/aromatic N) is 2. The summed E-state index contributed by atoms with van der Waals surface area (Å²) in [6.45, 7) is 1.56. The lowest BCUT2D eigenvalue weighted by Gasteiger charge is -2.32. The fourth-order valence-electron chi connectivity index (χ4n) is 3.15. The predicted octanol–water partition coefficient (Wildman–Crippen LogP) is 1.80. The van der Waals surface area contributed by atoms with Crippen LogP contribution in [-0.2, 0) is 23.4 Å². The number of carbonyl (C=O) groups is 1. The van der Waals surface area contributed by atoms with Crippen LogP contribution in [0.25, 0.3) is 0 Å². The van der Waals surface area contributed by atoms with Gasteiger partial charge in [-0.2, -0.15) is 0 Å². The molecule has 2 aliphatic rings. The van der Waals surface area contributed by atoms with Crippen LogP contribution in [0.4, 0.5) is 0 Å². The fraction of sp³-hybridized carbons (Fsp3) is 0.278.